The van der Waals surface area contributed by atoms with Crippen LogP contribution < -0.4 is 0 Å². The Kier molecular flexibility index (Phi) is 5.98. The van der Waals surface area contributed by atoms with Crippen molar-refractivity contribution in [1.29, 1.82) is 0 Å². The van der Waals surface area contributed by atoms with E-state index in [0.717, 1.165) is 0 Å². The van der Waals surface area contributed by atoms with Crippen molar-refractivity contribution in [2.45, 2.75) is 50.8 Å². The largest absolute Gasteiger partial charge is 0.184 e. The lowest BCUT2D eigenvalue weighted by Crippen LogP contribution is -1.90. The summed E-state index contributed by atoms with van der Waals surface area (Å²) < 4.78 is 0.644. The molecule has 1 aromatic carbocycles. The molecule has 0 spiro atoms. The molecule has 1 unspecified atom stereocenters. The summed E-state index contributed by atoms with van der Waals surface area (Å²) in [6, 6.07) is 8.75. The SMILES string of the molecule is CCCCCCCc1ccc(C2N=NC(=S)S2)cc1. The van der Waals surface area contributed by atoms with E-state index in [1.165, 1.54) is 49.7 Å². The molecule has 0 saturated carbocycles. The summed E-state index contributed by atoms with van der Waals surface area (Å²) in [5.74, 6) is 0. The highest BCUT2D eigenvalue weighted by atomic mass is 32.2. The van der Waals surface area contributed by atoms with Crippen LogP contribution in [0.3, 0.4) is 0 Å². The fraction of sp³-hybridized carbons (Fsp3) is 0.533. The van der Waals surface area contributed by atoms with Crippen molar-refractivity contribution in [1.82, 2.24) is 0 Å². The van der Waals surface area contributed by atoms with Gasteiger partial charge < -0.3 is 0 Å². The predicted molar refractivity (Wildman–Crippen MR) is 86.7 cm³/mol. The van der Waals surface area contributed by atoms with Crippen molar-refractivity contribution < 1.29 is 0 Å². The molecule has 0 aliphatic carbocycles. The van der Waals surface area contributed by atoms with Crippen LogP contribution in [-0.2, 0) is 6.42 Å². The molecule has 19 heavy (non-hydrogen) atoms. The lowest BCUT2D eigenvalue weighted by atomic mass is 10.0. The van der Waals surface area contributed by atoms with E-state index >= 15 is 0 Å². The second-order valence-corrected chi connectivity index (χ2v) is 6.57. The topological polar surface area (TPSA) is 24.7 Å². The molecular weight excluding hydrogens is 272 g/mol. The van der Waals surface area contributed by atoms with Crippen LogP contribution in [0.5, 0.6) is 0 Å². The van der Waals surface area contributed by atoms with Crippen molar-refractivity contribution in [2.24, 2.45) is 10.2 Å². The first-order valence-corrected chi connectivity index (χ1v) is 8.28. The number of hydrogen-bond acceptors (Lipinski definition) is 3. The first-order chi connectivity index (χ1) is 9.29. The van der Waals surface area contributed by atoms with Crippen LogP contribution in [-0.4, -0.2) is 4.32 Å². The molecule has 1 aliphatic rings. The number of unbranched alkanes of at least 4 members (excludes halogenated alkanes) is 4. The molecule has 1 aliphatic heterocycles. The van der Waals surface area contributed by atoms with Crippen molar-refractivity contribution >= 4 is 28.3 Å². The highest BCUT2D eigenvalue weighted by Crippen LogP contribution is 2.37. The summed E-state index contributed by atoms with van der Waals surface area (Å²) in [5, 5.41) is 8.15. The maximum absolute atomic E-state index is 5.02. The summed E-state index contributed by atoms with van der Waals surface area (Å²) in [6.45, 7) is 2.25. The maximum atomic E-state index is 5.02. The Morgan fingerprint density at radius 3 is 2.47 bits per heavy atom. The summed E-state index contributed by atoms with van der Waals surface area (Å²) in [7, 11) is 0. The number of thioether (sulfide) groups is 1. The van der Waals surface area contributed by atoms with Crippen molar-refractivity contribution in [3.63, 3.8) is 0 Å². The number of nitrogens with zero attached hydrogens (tertiary/aromatic N) is 2. The molecule has 1 atom stereocenters. The van der Waals surface area contributed by atoms with E-state index < -0.39 is 0 Å². The van der Waals surface area contributed by atoms with Gasteiger partial charge in [-0.15, -0.1) is 5.11 Å². The average molecular weight is 292 g/mol. The zero-order chi connectivity index (χ0) is 13.5. The lowest BCUT2D eigenvalue weighted by molar-refractivity contribution is 0.632. The minimum atomic E-state index is 0.0751. The van der Waals surface area contributed by atoms with Gasteiger partial charge in [0, 0.05) is 0 Å². The maximum Gasteiger partial charge on any atom is 0.184 e. The number of rotatable bonds is 7. The second-order valence-electron chi connectivity index (χ2n) is 4.86. The first kappa shape index (κ1) is 14.7. The molecule has 0 amide bonds. The molecule has 102 valence electrons. The lowest BCUT2D eigenvalue weighted by Gasteiger charge is -2.06. The number of benzene rings is 1. The standard InChI is InChI=1S/C15H20N2S2/c1-2-3-4-5-6-7-12-8-10-13(11-9-12)14-16-17-15(18)19-14/h8-11,14H,2-7H2,1H3. The zero-order valence-electron chi connectivity index (χ0n) is 11.3. The zero-order valence-corrected chi connectivity index (χ0v) is 13.0. The van der Waals surface area contributed by atoms with E-state index in [1.807, 2.05) is 0 Å². The highest BCUT2D eigenvalue weighted by molar-refractivity contribution is 8.23. The Labute approximate surface area is 125 Å². The van der Waals surface area contributed by atoms with Gasteiger partial charge in [-0.1, -0.05) is 68.6 Å². The van der Waals surface area contributed by atoms with Crippen LogP contribution in [0.15, 0.2) is 34.5 Å². The van der Waals surface area contributed by atoms with Crippen LogP contribution in [0.2, 0.25) is 0 Å². The van der Waals surface area contributed by atoms with Crippen LogP contribution in [0.4, 0.5) is 0 Å². The van der Waals surface area contributed by atoms with Crippen molar-refractivity contribution in [2.75, 3.05) is 0 Å². The Morgan fingerprint density at radius 1 is 1.11 bits per heavy atom. The van der Waals surface area contributed by atoms with Gasteiger partial charge in [0.2, 0.25) is 0 Å². The van der Waals surface area contributed by atoms with E-state index in [-0.39, 0.29) is 5.37 Å². The van der Waals surface area contributed by atoms with Gasteiger partial charge in [-0.2, -0.15) is 5.11 Å². The molecule has 0 N–H and O–H groups in total. The van der Waals surface area contributed by atoms with Gasteiger partial charge in [0.15, 0.2) is 4.32 Å². The molecular formula is C15H20N2S2. The minimum Gasteiger partial charge on any atom is -0.167 e. The summed E-state index contributed by atoms with van der Waals surface area (Å²) in [4.78, 5) is 0. The van der Waals surface area contributed by atoms with E-state index in [9.17, 15) is 0 Å². The van der Waals surface area contributed by atoms with Gasteiger partial charge in [-0.05, 0) is 36.2 Å². The van der Waals surface area contributed by atoms with Gasteiger partial charge in [0.05, 0.1) is 0 Å². The fourth-order valence-electron chi connectivity index (χ4n) is 2.16. The Hall–Kier alpha value is -0.740. The number of aryl methyl sites for hydroxylation is 1. The van der Waals surface area contributed by atoms with Gasteiger partial charge in [0.25, 0.3) is 0 Å². The molecule has 2 rings (SSSR count). The molecule has 2 nitrogen and oxygen atoms in total. The van der Waals surface area contributed by atoms with Gasteiger partial charge in [0.1, 0.15) is 5.37 Å². The molecule has 0 radical (unpaired) electrons. The monoisotopic (exact) mass is 292 g/mol. The quantitative estimate of drug-likeness (QED) is 0.477. The molecule has 4 heteroatoms. The van der Waals surface area contributed by atoms with Crippen molar-refractivity contribution in [3.05, 3.63) is 35.4 Å². The highest BCUT2D eigenvalue weighted by Gasteiger charge is 2.18. The normalized spacial score (nSPS) is 18.2. The predicted octanol–water partition coefficient (Wildman–Crippen LogP) is 5.68. The summed E-state index contributed by atoms with van der Waals surface area (Å²) in [5.41, 5.74) is 2.62. The molecule has 0 bridgehead atoms. The molecule has 0 saturated heterocycles. The van der Waals surface area contributed by atoms with Gasteiger partial charge >= 0.3 is 0 Å². The second kappa shape index (κ2) is 7.75. The molecule has 1 aromatic rings. The molecule has 0 fully saturated rings. The Bertz CT molecular complexity index is 440. The minimum absolute atomic E-state index is 0.0751. The molecule has 0 aromatic heterocycles. The Balaban J connectivity index is 1.78. The fourth-order valence-corrected chi connectivity index (χ4v) is 3.15. The average Bonchev–Trinajstić information content (AvgIpc) is 2.86. The van der Waals surface area contributed by atoms with E-state index in [4.69, 9.17) is 12.2 Å². The Morgan fingerprint density at radius 2 is 1.84 bits per heavy atom. The summed E-state index contributed by atoms with van der Waals surface area (Å²) in [6.07, 6.45) is 7.86. The number of thiocarbonyl (C=S) groups is 1. The smallest absolute Gasteiger partial charge is 0.167 e. The summed E-state index contributed by atoms with van der Waals surface area (Å²) >= 11 is 6.57. The van der Waals surface area contributed by atoms with E-state index in [2.05, 4.69) is 41.4 Å². The number of azo groups is 1. The van der Waals surface area contributed by atoms with Crippen LogP contribution in [0.25, 0.3) is 0 Å². The third kappa shape index (κ3) is 4.69. The van der Waals surface area contributed by atoms with Gasteiger partial charge in [-0.25, -0.2) is 0 Å². The van der Waals surface area contributed by atoms with Gasteiger partial charge in [-0.3, -0.25) is 0 Å². The van der Waals surface area contributed by atoms with E-state index in [0.29, 0.717) is 4.32 Å². The first-order valence-electron chi connectivity index (χ1n) is 7.00. The molecule has 1 heterocycles. The van der Waals surface area contributed by atoms with Crippen LogP contribution in [0, 0.1) is 0 Å². The van der Waals surface area contributed by atoms with Crippen LogP contribution in [0.1, 0.15) is 55.5 Å². The van der Waals surface area contributed by atoms with Crippen molar-refractivity contribution in [3.8, 4) is 0 Å². The van der Waals surface area contributed by atoms with Crippen LogP contribution >= 0.6 is 24.0 Å². The number of hydrogen-bond donors (Lipinski definition) is 0. The van der Waals surface area contributed by atoms with E-state index in [1.54, 1.807) is 11.8 Å². The third-order valence-corrected chi connectivity index (χ3v) is 4.53. The third-order valence-electron chi connectivity index (χ3n) is 3.29.